The quantitative estimate of drug-likeness (QED) is 0.233. The first-order valence-corrected chi connectivity index (χ1v) is 11.1. The Labute approximate surface area is 204 Å². The van der Waals surface area contributed by atoms with Crippen molar-refractivity contribution >= 4 is 29.9 Å². The van der Waals surface area contributed by atoms with E-state index in [0.717, 1.165) is 35.5 Å². The van der Waals surface area contributed by atoms with Gasteiger partial charge in [-0.3, -0.25) is 0 Å². The summed E-state index contributed by atoms with van der Waals surface area (Å²) in [6.45, 7) is 8.58. The van der Waals surface area contributed by atoms with Crippen LogP contribution in [0.3, 0.4) is 0 Å². The maximum absolute atomic E-state index is 5.24. The second-order valence-electron chi connectivity index (χ2n) is 7.77. The molecule has 1 atom stereocenters. The first kappa shape index (κ1) is 27.2. The van der Waals surface area contributed by atoms with Gasteiger partial charge in [0.15, 0.2) is 11.8 Å². The Morgan fingerprint density at radius 2 is 1.84 bits per heavy atom. The maximum atomic E-state index is 5.24. The second kappa shape index (κ2) is 15.0. The minimum atomic E-state index is 0. The van der Waals surface area contributed by atoms with Gasteiger partial charge in [-0.15, -0.1) is 34.2 Å². The molecule has 0 spiro atoms. The molecule has 0 saturated heterocycles. The molecule has 0 aliphatic rings. The molecule has 0 amide bonds. The summed E-state index contributed by atoms with van der Waals surface area (Å²) in [7, 11) is 3.66. The molecule has 1 aromatic heterocycles. The van der Waals surface area contributed by atoms with E-state index in [0.29, 0.717) is 19.0 Å². The van der Waals surface area contributed by atoms with Gasteiger partial charge in [0, 0.05) is 13.6 Å². The smallest absolute Gasteiger partial charge is 0.191 e. The standard InChI is InChI=1S/C23H38N6O.HI/c1-6-8-10-19(9-7-2)15-24-23(26-17-22-28-27-18(3)29(22)4)25-16-20-11-13-21(30-5)14-12-20;/h11-14,19H,6-10,15-17H2,1-5H3,(H2,24,25,26);1H. The molecule has 1 aromatic carbocycles. The lowest BCUT2D eigenvalue weighted by atomic mass is 9.97. The lowest BCUT2D eigenvalue weighted by molar-refractivity contribution is 0.414. The first-order chi connectivity index (χ1) is 14.6. The zero-order valence-electron chi connectivity index (χ0n) is 19.6. The van der Waals surface area contributed by atoms with Crippen LogP contribution in [0.25, 0.3) is 0 Å². The van der Waals surface area contributed by atoms with Crippen LogP contribution in [0.15, 0.2) is 29.3 Å². The predicted octanol–water partition coefficient (Wildman–Crippen LogP) is 4.59. The zero-order chi connectivity index (χ0) is 21.8. The molecule has 31 heavy (non-hydrogen) atoms. The number of halogens is 1. The Bertz CT molecular complexity index is 775. The van der Waals surface area contributed by atoms with Crippen LogP contribution in [0, 0.1) is 12.8 Å². The molecule has 0 aliphatic carbocycles. The molecule has 0 radical (unpaired) electrons. The molecule has 7 nitrogen and oxygen atoms in total. The first-order valence-electron chi connectivity index (χ1n) is 11.1. The lowest BCUT2D eigenvalue weighted by Gasteiger charge is -2.19. The average molecular weight is 543 g/mol. The molecular weight excluding hydrogens is 503 g/mol. The van der Waals surface area contributed by atoms with E-state index in [-0.39, 0.29) is 24.0 Å². The van der Waals surface area contributed by atoms with Crippen molar-refractivity contribution < 1.29 is 4.74 Å². The Morgan fingerprint density at radius 1 is 1.10 bits per heavy atom. The van der Waals surface area contributed by atoms with E-state index in [4.69, 9.17) is 9.73 Å². The van der Waals surface area contributed by atoms with Crippen LogP contribution < -0.4 is 15.4 Å². The molecule has 2 rings (SSSR count). The number of nitrogens with one attached hydrogen (secondary N) is 2. The highest BCUT2D eigenvalue weighted by Gasteiger charge is 2.10. The Morgan fingerprint density at radius 3 is 2.42 bits per heavy atom. The van der Waals surface area contributed by atoms with E-state index in [1.54, 1.807) is 7.11 Å². The van der Waals surface area contributed by atoms with Gasteiger partial charge in [0.25, 0.3) is 0 Å². The zero-order valence-corrected chi connectivity index (χ0v) is 22.0. The predicted molar refractivity (Wildman–Crippen MR) is 138 cm³/mol. The fourth-order valence-electron chi connectivity index (χ4n) is 3.33. The van der Waals surface area contributed by atoms with Crippen molar-refractivity contribution in [3.05, 3.63) is 41.5 Å². The minimum Gasteiger partial charge on any atom is -0.497 e. The van der Waals surface area contributed by atoms with Crippen LogP contribution in [-0.4, -0.2) is 34.4 Å². The van der Waals surface area contributed by atoms with Crippen LogP contribution in [-0.2, 0) is 20.1 Å². The Hall–Kier alpha value is -1.84. The monoisotopic (exact) mass is 542 g/mol. The number of unbranched alkanes of at least 4 members (excludes halogenated alkanes) is 1. The van der Waals surface area contributed by atoms with E-state index in [1.165, 1.54) is 32.1 Å². The van der Waals surface area contributed by atoms with Crippen LogP contribution >= 0.6 is 24.0 Å². The summed E-state index contributed by atoms with van der Waals surface area (Å²) in [6, 6.07) is 8.03. The Kier molecular flexibility index (Phi) is 13.2. The number of rotatable bonds is 12. The van der Waals surface area contributed by atoms with Gasteiger partial charge in [0.1, 0.15) is 11.6 Å². The summed E-state index contributed by atoms with van der Waals surface area (Å²) in [6.07, 6.45) is 6.21. The van der Waals surface area contributed by atoms with E-state index in [9.17, 15) is 0 Å². The lowest BCUT2D eigenvalue weighted by Crippen LogP contribution is -2.40. The van der Waals surface area contributed by atoms with Crippen LogP contribution in [0.4, 0.5) is 0 Å². The summed E-state index contributed by atoms with van der Waals surface area (Å²) < 4.78 is 7.24. The number of hydrogen-bond acceptors (Lipinski definition) is 4. The van der Waals surface area contributed by atoms with Crippen LogP contribution in [0.5, 0.6) is 5.75 Å². The summed E-state index contributed by atoms with van der Waals surface area (Å²) in [5.41, 5.74) is 1.14. The average Bonchev–Trinajstić information content (AvgIpc) is 3.09. The molecule has 2 aromatic rings. The van der Waals surface area contributed by atoms with Crippen molar-refractivity contribution in [3.8, 4) is 5.75 Å². The van der Waals surface area contributed by atoms with Crippen molar-refractivity contribution in [1.29, 1.82) is 0 Å². The van der Waals surface area contributed by atoms with E-state index in [1.807, 2.05) is 42.8 Å². The molecule has 8 heteroatoms. The summed E-state index contributed by atoms with van der Waals surface area (Å²) in [5, 5.41) is 15.4. The molecule has 1 unspecified atom stereocenters. The van der Waals surface area contributed by atoms with Gasteiger partial charge in [0.05, 0.1) is 20.2 Å². The molecule has 0 aliphatic heterocycles. The minimum absolute atomic E-state index is 0. The maximum Gasteiger partial charge on any atom is 0.191 e. The second-order valence-corrected chi connectivity index (χ2v) is 7.77. The van der Waals surface area contributed by atoms with E-state index >= 15 is 0 Å². The molecule has 174 valence electrons. The summed E-state index contributed by atoms with van der Waals surface area (Å²) >= 11 is 0. The summed E-state index contributed by atoms with van der Waals surface area (Å²) in [4.78, 5) is 4.81. The Balaban J connectivity index is 0.00000480. The normalized spacial score (nSPS) is 12.2. The van der Waals surface area contributed by atoms with Gasteiger partial charge < -0.3 is 19.9 Å². The summed E-state index contributed by atoms with van der Waals surface area (Å²) in [5.74, 6) is 4.13. The fourth-order valence-corrected chi connectivity index (χ4v) is 3.33. The van der Waals surface area contributed by atoms with Crippen molar-refractivity contribution in [2.75, 3.05) is 13.7 Å². The highest BCUT2D eigenvalue weighted by Crippen LogP contribution is 2.14. The third-order valence-corrected chi connectivity index (χ3v) is 5.40. The fraction of sp³-hybridized carbons (Fsp3) is 0.609. The number of ether oxygens (including phenoxy) is 1. The van der Waals surface area contributed by atoms with Gasteiger partial charge in [-0.05, 0) is 43.4 Å². The number of nitrogens with zero attached hydrogens (tertiary/aromatic N) is 4. The SMILES string of the molecule is CCCCC(CCC)CNC(=NCc1ccc(OC)cc1)NCc1nnc(C)n1C.I. The number of guanidine groups is 1. The number of hydrogen-bond donors (Lipinski definition) is 2. The number of benzene rings is 1. The molecule has 2 N–H and O–H groups in total. The number of aromatic nitrogens is 3. The van der Waals surface area contributed by atoms with Gasteiger partial charge in [-0.1, -0.05) is 45.2 Å². The number of aryl methyl sites for hydroxylation is 1. The third kappa shape index (κ3) is 9.45. The van der Waals surface area contributed by atoms with E-state index in [2.05, 4.69) is 34.7 Å². The van der Waals surface area contributed by atoms with Gasteiger partial charge >= 0.3 is 0 Å². The number of aliphatic imine (C=N–C) groups is 1. The van der Waals surface area contributed by atoms with Crippen molar-refractivity contribution in [3.63, 3.8) is 0 Å². The van der Waals surface area contributed by atoms with Crippen LogP contribution in [0.1, 0.15) is 63.2 Å². The molecule has 0 bridgehead atoms. The van der Waals surface area contributed by atoms with Gasteiger partial charge in [0.2, 0.25) is 0 Å². The number of methoxy groups -OCH3 is 1. The molecule has 1 heterocycles. The van der Waals surface area contributed by atoms with Crippen molar-refractivity contribution in [1.82, 2.24) is 25.4 Å². The van der Waals surface area contributed by atoms with E-state index < -0.39 is 0 Å². The molecule has 0 fully saturated rings. The van der Waals surface area contributed by atoms with Gasteiger partial charge in [-0.25, -0.2) is 4.99 Å². The highest BCUT2D eigenvalue weighted by atomic mass is 127. The largest absolute Gasteiger partial charge is 0.497 e. The van der Waals surface area contributed by atoms with Crippen LogP contribution in [0.2, 0.25) is 0 Å². The topological polar surface area (TPSA) is 76.4 Å². The van der Waals surface area contributed by atoms with Crippen molar-refractivity contribution in [2.24, 2.45) is 18.0 Å². The molecular formula is C23H39IN6O. The highest BCUT2D eigenvalue weighted by molar-refractivity contribution is 14.0. The van der Waals surface area contributed by atoms with Gasteiger partial charge in [-0.2, -0.15) is 0 Å². The van der Waals surface area contributed by atoms with Crippen molar-refractivity contribution in [2.45, 2.75) is 66.0 Å². The third-order valence-electron chi connectivity index (χ3n) is 5.40. The molecule has 0 saturated carbocycles.